The van der Waals surface area contributed by atoms with Gasteiger partial charge in [-0.3, -0.25) is 23.7 Å². The number of rotatable bonds is 6. The molecule has 1 aromatic heterocycles. The molecule has 3 unspecified atom stereocenters. The number of hydrogen-bond acceptors (Lipinski definition) is 13. The van der Waals surface area contributed by atoms with Crippen molar-refractivity contribution in [3.05, 3.63) is 32.6 Å². The Morgan fingerprint density at radius 1 is 1.14 bits per heavy atom. The Kier molecular flexibility index (Phi) is 8.14. The van der Waals surface area contributed by atoms with E-state index in [1.165, 1.54) is 0 Å². The van der Waals surface area contributed by atoms with E-state index in [1.54, 1.807) is 4.98 Å². The summed E-state index contributed by atoms with van der Waals surface area (Å²) in [7, 11) is -15.3. The van der Waals surface area contributed by atoms with Gasteiger partial charge in [-0.25, -0.2) is 18.5 Å². The third-order valence-corrected chi connectivity index (χ3v) is 10.0. The lowest BCUT2D eigenvalue weighted by Gasteiger charge is -2.27. The number of phosphoric acid groups is 3. The van der Waals surface area contributed by atoms with Crippen LogP contribution in [0.25, 0.3) is 0 Å². The molecule has 210 valence electrons. The van der Waals surface area contributed by atoms with Crippen LogP contribution in [0.2, 0.25) is 0 Å². The van der Waals surface area contributed by atoms with Gasteiger partial charge in [0, 0.05) is 13.2 Å². The molecule has 3 heterocycles. The predicted molar refractivity (Wildman–Crippen MR) is 106 cm³/mol. The van der Waals surface area contributed by atoms with Crippen molar-refractivity contribution in [2.24, 2.45) is 0 Å². The lowest BCUT2D eigenvalue weighted by molar-refractivity contribution is -0.184. The van der Waals surface area contributed by atoms with Crippen molar-refractivity contribution in [2.75, 3.05) is 13.7 Å². The van der Waals surface area contributed by atoms with Crippen molar-refractivity contribution >= 4 is 29.4 Å². The zero-order valence-corrected chi connectivity index (χ0v) is 20.6. The average Bonchev–Trinajstić information content (AvgIpc) is 2.98. The normalized spacial score (nSPS) is 36.4. The number of nitrogens with zero attached hydrogens (tertiary/aromatic N) is 2. The molecule has 24 heteroatoms. The number of halogens is 3. The molecule has 0 saturated carbocycles. The highest BCUT2D eigenvalue weighted by molar-refractivity contribution is 7.74. The van der Waals surface area contributed by atoms with Crippen molar-refractivity contribution in [1.29, 1.82) is 0 Å². The van der Waals surface area contributed by atoms with Gasteiger partial charge in [0.2, 0.25) is 0 Å². The van der Waals surface area contributed by atoms with Gasteiger partial charge < -0.3 is 29.6 Å². The number of ether oxygens (including phenoxy) is 1. The first-order chi connectivity index (χ1) is 16.7. The average molecular weight is 605 g/mol. The molecule has 6 atom stereocenters. The number of amides is 1. The summed E-state index contributed by atoms with van der Waals surface area (Å²) >= 11 is 0. The third kappa shape index (κ3) is 6.83. The number of carbonyl (C=O) groups excluding carboxylic acids is 1. The summed E-state index contributed by atoms with van der Waals surface area (Å²) in [6.07, 6.45) is -12.1. The number of aromatic nitrogens is 2. The van der Waals surface area contributed by atoms with Crippen LogP contribution in [0.4, 0.5) is 13.2 Å². The van der Waals surface area contributed by atoms with Crippen molar-refractivity contribution < 1.29 is 73.9 Å². The van der Waals surface area contributed by atoms with Crippen LogP contribution in [0.5, 0.6) is 0 Å². The van der Waals surface area contributed by atoms with Gasteiger partial charge in [-0.15, -0.1) is 0 Å². The molecule has 1 amide bonds. The Morgan fingerprint density at radius 2 is 1.70 bits per heavy atom. The molecule has 0 bridgehead atoms. The number of hydrogen-bond donors (Lipinski definition) is 5. The third-order valence-electron chi connectivity index (χ3n) is 4.66. The van der Waals surface area contributed by atoms with Gasteiger partial charge in [-0.1, -0.05) is 0 Å². The number of aliphatic hydroxyl groups is 2. The van der Waals surface area contributed by atoms with E-state index in [9.17, 15) is 61.2 Å². The molecule has 37 heavy (non-hydrogen) atoms. The molecule has 3 rings (SSSR count). The Balaban J connectivity index is 1.79. The van der Waals surface area contributed by atoms with Gasteiger partial charge in [0.1, 0.15) is 18.3 Å². The van der Waals surface area contributed by atoms with E-state index in [0.717, 1.165) is 7.05 Å². The minimum atomic E-state index is -5.38. The fourth-order valence-corrected chi connectivity index (χ4v) is 8.04. The maximum atomic E-state index is 12.6. The highest BCUT2D eigenvalue weighted by atomic mass is 31.3. The summed E-state index contributed by atoms with van der Waals surface area (Å²) in [5.41, 5.74) is -3.00. The number of aliphatic hydroxyl groups excluding tert-OH is 2. The SMILES string of the molecule is CN(Cc1cn([C@@H]2O[C@H](COP3(=O)OP(=O)(O)OP(=O)(O)O3)[C@H](O)C2O)c(=O)[nH]c1=O)C(=O)C(F)(F)F. The first-order valence-corrected chi connectivity index (χ1v) is 13.9. The molecule has 2 fully saturated rings. The van der Waals surface area contributed by atoms with Gasteiger partial charge in [0.05, 0.1) is 18.7 Å². The highest BCUT2D eigenvalue weighted by Crippen LogP contribution is 2.80. The summed E-state index contributed by atoms with van der Waals surface area (Å²) in [6, 6.07) is 0. The lowest BCUT2D eigenvalue weighted by atomic mass is 10.1. The maximum Gasteiger partial charge on any atom is 0.492 e. The van der Waals surface area contributed by atoms with Gasteiger partial charge in [-0.2, -0.15) is 26.1 Å². The van der Waals surface area contributed by atoms with E-state index < -0.39 is 90.1 Å². The zero-order chi connectivity index (χ0) is 28.1. The molecule has 18 nitrogen and oxygen atoms in total. The van der Waals surface area contributed by atoms with E-state index in [0.29, 0.717) is 10.8 Å². The largest absolute Gasteiger partial charge is 0.492 e. The predicted octanol–water partition coefficient (Wildman–Crippen LogP) is -0.935. The molecule has 2 aliphatic rings. The second-order valence-electron chi connectivity index (χ2n) is 7.45. The van der Waals surface area contributed by atoms with Crippen molar-refractivity contribution in [3.63, 3.8) is 0 Å². The molecule has 0 spiro atoms. The summed E-state index contributed by atoms with van der Waals surface area (Å²) in [5, 5.41) is 20.5. The van der Waals surface area contributed by atoms with Gasteiger partial charge in [0.25, 0.3) is 5.56 Å². The minimum absolute atomic E-state index is 0.127. The van der Waals surface area contributed by atoms with E-state index in [-0.39, 0.29) is 4.90 Å². The van der Waals surface area contributed by atoms with E-state index in [2.05, 4.69) is 17.5 Å². The molecule has 5 N–H and O–H groups in total. The van der Waals surface area contributed by atoms with Gasteiger partial charge in [0.15, 0.2) is 6.23 Å². The Labute approximate surface area is 201 Å². The summed E-state index contributed by atoms with van der Waals surface area (Å²) in [4.78, 5) is 55.9. The topological polar surface area (TPSA) is 253 Å². The van der Waals surface area contributed by atoms with Crippen LogP contribution in [0.15, 0.2) is 15.8 Å². The second-order valence-corrected chi connectivity index (χ2v) is 12.4. The molecule has 0 radical (unpaired) electrons. The molecular weight excluding hydrogens is 588 g/mol. The Hall–Kier alpha value is -1.73. The van der Waals surface area contributed by atoms with E-state index in [4.69, 9.17) is 4.74 Å². The van der Waals surface area contributed by atoms with Gasteiger partial charge >= 0.3 is 41.2 Å². The minimum Gasteiger partial charge on any atom is -0.387 e. The Bertz CT molecular complexity index is 1300. The van der Waals surface area contributed by atoms with Crippen LogP contribution in [0.1, 0.15) is 11.8 Å². The molecule has 2 saturated heterocycles. The van der Waals surface area contributed by atoms with Crippen molar-refractivity contribution in [1.82, 2.24) is 14.5 Å². The summed E-state index contributed by atoms with van der Waals surface area (Å²) < 4.78 is 95.1. The monoisotopic (exact) mass is 605 g/mol. The quantitative estimate of drug-likeness (QED) is 0.246. The number of nitrogens with one attached hydrogen (secondary N) is 1. The Morgan fingerprint density at radius 3 is 2.24 bits per heavy atom. The second kappa shape index (κ2) is 10.1. The van der Waals surface area contributed by atoms with Gasteiger partial charge in [-0.05, 0) is 0 Å². The lowest BCUT2D eigenvalue weighted by Crippen LogP contribution is -2.42. The maximum absolute atomic E-state index is 12.6. The fraction of sp³-hybridized carbons (Fsp3) is 0.615. The van der Waals surface area contributed by atoms with Crippen LogP contribution < -0.4 is 11.2 Å². The summed E-state index contributed by atoms with van der Waals surface area (Å²) in [6.45, 7) is -2.05. The van der Waals surface area contributed by atoms with Crippen LogP contribution in [0, 0.1) is 0 Å². The van der Waals surface area contributed by atoms with Crippen LogP contribution in [0.3, 0.4) is 0 Å². The first-order valence-electron chi connectivity index (χ1n) is 9.46. The number of aromatic amines is 1. The smallest absolute Gasteiger partial charge is 0.387 e. The number of alkyl halides is 3. The van der Waals surface area contributed by atoms with Crippen LogP contribution in [-0.4, -0.2) is 78.5 Å². The van der Waals surface area contributed by atoms with Crippen LogP contribution >= 0.6 is 23.5 Å². The zero-order valence-electron chi connectivity index (χ0n) is 18.0. The van der Waals surface area contributed by atoms with Crippen molar-refractivity contribution in [3.8, 4) is 0 Å². The standard InChI is InChI=1S/C13H17F3N3O15P3/c1-18(11(23)13(14,15)16)2-5-3-19(12(24)17-9(5)22)10-8(21)7(20)6(31-10)4-30-37(29)33-35(25,26)32-36(27,28)34-37/h3,6-8,10,20-21H,2,4H2,1H3,(H,25,26)(H,27,28)(H,17,22,24)/t6-,7+,8?,10-/m1/s1. The number of carbonyl (C=O) groups is 1. The molecule has 1 aromatic rings. The molecule has 0 aromatic carbocycles. The molecular formula is C13H17F3N3O15P3. The van der Waals surface area contributed by atoms with Crippen LogP contribution in [-0.2, 0) is 47.2 Å². The highest BCUT2D eigenvalue weighted by Gasteiger charge is 2.55. The molecule has 2 aliphatic heterocycles. The fourth-order valence-electron chi connectivity index (χ4n) is 3.11. The number of H-pyrrole nitrogens is 1. The van der Waals surface area contributed by atoms with Crippen molar-refractivity contribution in [2.45, 2.75) is 37.3 Å². The summed E-state index contributed by atoms with van der Waals surface area (Å²) in [5.74, 6) is -2.30. The first kappa shape index (κ1) is 29.8. The molecule has 0 aliphatic carbocycles. The van der Waals surface area contributed by atoms with E-state index >= 15 is 0 Å². The van der Waals surface area contributed by atoms with E-state index in [1.807, 2.05) is 0 Å².